The molecule has 2 aliphatic rings. The Morgan fingerprint density at radius 1 is 0.246 bits per heavy atom. The monoisotopic (exact) mass is 876 g/mol. The Kier molecular flexibility index (Phi) is 8.84. The average molecular weight is 877 g/mol. The van der Waals surface area contributed by atoms with Crippen LogP contribution in [0.15, 0.2) is 249 Å². The molecule has 0 radical (unpaired) electrons. The second-order valence-corrected chi connectivity index (χ2v) is 18.5. The number of rotatable bonds is 4. The van der Waals surface area contributed by atoms with E-state index in [0.29, 0.717) is 0 Å². The third-order valence-corrected chi connectivity index (χ3v) is 14.6. The molecule has 0 amide bonds. The molecule has 0 saturated carbocycles. The second-order valence-electron chi connectivity index (χ2n) is 18.5. The van der Waals surface area contributed by atoms with Crippen LogP contribution >= 0.6 is 0 Å². The topological polar surface area (TPSA) is 6.48 Å². The standard InChI is InChI=1S/C67H44N2/c1-43-38-51(69-64-27-15-13-25-59(64)54-21-9-11-23-56(54)62-42-47(31-37-66(62)69)45-18-6-3-7-19-45)40-49-29-33-57-52-35-32-50(39-48(52)28-34-60(57)67(43)49)68-63-26-14-12-24-58(63)53-20-8-10-22-55(53)61-41-46(30-36-65(61)68)44-16-4-2-5-17-44/h2-42H,1H3. The van der Waals surface area contributed by atoms with Crippen molar-refractivity contribution in [3.8, 4) is 66.8 Å². The van der Waals surface area contributed by atoms with E-state index in [9.17, 15) is 0 Å². The van der Waals surface area contributed by atoms with Crippen molar-refractivity contribution in [2.24, 2.45) is 0 Å². The molecule has 0 saturated heterocycles. The van der Waals surface area contributed by atoms with Crippen molar-refractivity contribution < 1.29 is 0 Å². The summed E-state index contributed by atoms with van der Waals surface area (Å²) < 4.78 is 0. The Morgan fingerprint density at radius 2 is 0.667 bits per heavy atom. The maximum Gasteiger partial charge on any atom is 0.0540 e. The van der Waals surface area contributed by atoms with Crippen molar-refractivity contribution in [3.63, 3.8) is 0 Å². The molecule has 0 bridgehead atoms. The predicted molar refractivity (Wildman–Crippen MR) is 293 cm³/mol. The van der Waals surface area contributed by atoms with Crippen LogP contribution in [-0.4, -0.2) is 0 Å². The maximum atomic E-state index is 2.48. The highest BCUT2D eigenvalue weighted by Gasteiger charge is 2.29. The summed E-state index contributed by atoms with van der Waals surface area (Å²) in [4.78, 5) is 4.95. The van der Waals surface area contributed by atoms with Gasteiger partial charge in [0.1, 0.15) is 0 Å². The summed E-state index contributed by atoms with van der Waals surface area (Å²) in [5.41, 5.74) is 22.9. The predicted octanol–water partition coefficient (Wildman–Crippen LogP) is 19.0. The average Bonchev–Trinajstić information content (AvgIpc) is 3.62. The van der Waals surface area contributed by atoms with E-state index in [-0.39, 0.29) is 0 Å². The first kappa shape index (κ1) is 39.2. The van der Waals surface area contributed by atoms with Crippen molar-refractivity contribution in [2.75, 3.05) is 9.80 Å². The van der Waals surface area contributed by atoms with Gasteiger partial charge in [-0.15, -0.1) is 0 Å². The lowest BCUT2D eigenvalue weighted by atomic mass is 9.92. The van der Waals surface area contributed by atoms with Gasteiger partial charge in [0, 0.05) is 33.6 Å². The van der Waals surface area contributed by atoms with Crippen LogP contribution in [0.25, 0.3) is 99.1 Å². The third kappa shape index (κ3) is 6.19. The minimum Gasteiger partial charge on any atom is -0.309 e. The molecule has 12 aromatic rings. The smallest absolute Gasteiger partial charge is 0.0540 e. The van der Waals surface area contributed by atoms with Crippen LogP contribution in [0.1, 0.15) is 5.56 Å². The third-order valence-electron chi connectivity index (χ3n) is 14.6. The van der Waals surface area contributed by atoms with Crippen molar-refractivity contribution in [1.29, 1.82) is 0 Å². The zero-order valence-electron chi connectivity index (χ0n) is 38.1. The molecular weight excluding hydrogens is 833 g/mol. The Labute approximate surface area is 402 Å². The number of fused-ring (bicyclic) bond motifs is 15. The number of hydrogen-bond donors (Lipinski definition) is 0. The van der Waals surface area contributed by atoms with Crippen molar-refractivity contribution >= 4 is 66.4 Å². The molecule has 0 aromatic heterocycles. The van der Waals surface area contributed by atoms with Gasteiger partial charge in [0.05, 0.1) is 22.7 Å². The molecule has 2 heteroatoms. The summed E-state index contributed by atoms with van der Waals surface area (Å²) >= 11 is 0. The Bertz CT molecular complexity index is 4040. The quantitative estimate of drug-likeness (QED) is 0.163. The molecule has 0 fully saturated rings. The van der Waals surface area contributed by atoms with Gasteiger partial charge < -0.3 is 9.80 Å². The molecule has 2 heterocycles. The molecule has 69 heavy (non-hydrogen) atoms. The summed E-state index contributed by atoms with van der Waals surface area (Å²) in [5.74, 6) is 0. The molecular formula is C67H44N2. The van der Waals surface area contributed by atoms with Gasteiger partial charge in [-0.25, -0.2) is 0 Å². The molecule has 2 nitrogen and oxygen atoms in total. The summed E-state index contributed by atoms with van der Waals surface area (Å²) in [7, 11) is 0. The lowest BCUT2D eigenvalue weighted by Crippen LogP contribution is -2.11. The molecule has 0 atom stereocenters. The first-order valence-electron chi connectivity index (χ1n) is 23.9. The Morgan fingerprint density at radius 3 is 1.23 bits per heavy atom. The number of hydrogen-bond acceptors (Lipinski definition) is 2. The molecule has 0 unspecified atom stereocenters. The molecule has 14 rings (SSSR count). The van der Waals surface area contributed by atoms with Gasteiger partial charge in [-0.05, 0) is 150 Å². The van der Waals surface area contributed by atoms with E-state index in [1.807, 2.05) is 0 Å². The highest BCUT2D eigenvalue weighted by molar-refractivity contribution is 6.19. The number of anilines is 6. The fraction of sp³-hybridized carbons (Fsp3) is 0.0149. The molecule has 322 valence electrons. The van der Waals surface area contributed by atoms with Gasteiger partial charge in [-0.2, -0.15) is 0 Å². The van der Waals surface area contributed by atoms with Gasteiger partial charge in [-0.3, -0.25) is 0 Å². The van der Waals surface area contributed by atoms with Gasteiger partial charge in [0.2, 0.25) is 0 Å². The van der Waals surface area contributed by atoms with Crippen LogP contribution < -0.4 is 9.80 Å². The minimum atomic E-state index is 1.13. The molecule has 0 aliphatic carbocycles. The van der Waals surface area contributed by atoms with E-state index in [1.165, 1.54) is 127 Å². The number of aryl methyl sites for hydroxylation is 1. The van der Waals surface area contributed by atoms with Crippen molar-refractivity contribution in [1.82, 2.24) is 0 Å². The molecule has 12 aromatic carbocycles. The zero-order chi connectivity index (χ0) is 45.6. The first-order valence-corrected chi connectivity index (χ1v) is 23.9. The Balaban J connectivity index is 0.911. The van der Waals surface area contributed by atoms with E-state index in [1.54, 1.807) is 0 Å². The molecule has 0 spiro atoms. The summed E-state index contributed by atoms with van der Waals surface area (Å²) in [5, 5.41) is 7.49. The summed E-state index contributed by atoms with van der Waals surface area (Å²) in [6.07, 6.45) is 0. The summed E-state index contributed by atoms with van der Waals surface area (Å²) in [6, 6.07) is 92.0. The minimum absolute atomic E-state index is 1.13. The van der Waals surface area contributed by atoms with Crippen LogP contribution in [0.4, 0.5) is 34.1 Å². The normalized spacial score (nSPS) is 12.4. The lowest BCUT2D eigenvalue weighted by Gasteiger charge is -2.28. The van der Waals surface area contributed by atoms with Crippen LogP contribution in [0.3, 0.4) is 0 Å². The highest BCUT2D eigenvalue weighted by atomic mass is 15.2. The zero-order valence-corrected chi connectivity index (χ0v) is 38.1. The Hall–Kier alpha value is -8.98. The SMILES string of the molecule is Cc1cc(N2c3ccccc3-c3ccccc3-c3cc(-c4ccccc4)ccc32)cc2ccc3c4ccc(N5c6ccccc6-c6ccccc6-c6cc(-c7ccccc7)ccc65)cc4ccc3c12. The second kappa shape index (κ2) is 15.6. The largest absolute Gasteiger partial charge is 0.309 e. The molecule has 0 N–H and O–H groups in total. The number of nitrogens with zero attached hydrogens (tertiary/aromatic N) is 2. The van der Waals surface area contributed by atoms with Crippen molar-refractivity contribution in [3.05, 3.63) is 254 Å². The summed E-state index contributed by atoms with van der Waals surface area (Å²) in [6.45, 7) is 2.28. The fourth-order valence-electron chi connectivity index (χ4n) is 11.5. The maximum absolute atomic E-state index is 2.48. The van der Waals surface area contributed by atoms with Crippen LogP contribution in [0.5, 0.6) is 0 Å². The number of para-hydroxylation sites is 2. The van der Waals surface area contributed by atoms with Crippen LogP contribution in [0, 0.1) is 6.92 Å². The van der Waals surface area contributed by atoms with Gasteiger partial charge in [-0.1, -0.05) is 188 Å². The van der Waals surface area contributed by atoms with Crippen molar-refractivity contribution in [2.45, 2.75) is 6.92 Å². The van der Waals surface area contributed by atoms with Crippen LogP contribution in [-0.2, 0) is 0 Å². The van der Waals surface area contributed by atoms with Gasteiger partial charge in [0.15, 0.2) is 0 Å². The molecule has 2 aliphatic heterocycles. The van der Waals surface area contributed by atoms with Crippen LogP contribution in [0.2, 0.25) is 0 Å². The van der Waals surface area contributed by atoms with Gasteiger partial charge >= 0.3 is 0 Å². The van der Waals surface area contributed by atoms with E-state index in [4.69, 9.17) is 0 Å². The van der Waals surface area contributed by atoms with Gasteiger partial charge in [0.25, 0.3) is 0 Å². The van der Waals surface area contributed by atoms with E-state index in [2.05, 4.69) is 265 Å². The van der Waals surface area contributed by atoms with E-state index in [0.717, 1.165) is 11.4 Å². The fourth-order valence-corrected chi connectivity index (χ4v) is 11.5. The first-order chi connectivity index (χ1) is 34.1. The van der Waals surface area contributed by atoms with E-state index < -0.39 is 0 Å². The highest BCUT2D eigenvalue weighted by Crippen LogP contribution is 2.54. The number of benzene rings is 12. The lowest BCUT2D eigenvalue weighted by molar-refractivity contribution is 1.29. The van der Waals surface area contributed by atoms with E-state index >= 15 is 0 Å².